The Morgan fingerprint density at radius 3 is 2.62 bits per heavy atom. The Labute approximate surface area is 125 Å². The molecule has 1 aliphatic carbocycles. The van der Waals surface area contributed by atoms with Crippen molar-refractivity contribution in [3.63, 3.8) is 0 Å². The van der Waals surface area contributed by atoms with Gasteiger partial charge in [0.2, 0.25) is 5.91 Å². The molecule has 6 heteroatoms. The number of carbonyl (C=O) groups is 1. The lowest BCUT2D eigenvalue weighted by atomic mass is 10.0. The molecular weight excluding hydrogens is 266 g/mol. The molecule has 1 fully saturated rings. The van der Waals surface area contributed by atoms with Gasteiger partial charge in [-0.05, 0) is 38.2 Å². The quantitative estimate of drug-likeness (QED) is 0.828. The average molecular weight is 287 g/mol. The summed E-state index contributed by atoms with van der Waals surface area (Å²) in [4.78, 5) is 12.0. The van der Waals surface area contributed by atoms with Gasteiger partial charge in [0.15, 0.2) is 5.82 Å². The van der Waals surface area contributed by atoms with Crippen molar-refractivity contribution < 1.29 is 4.79 Å². The first kappa shape index (κ1) is 15.2. The summed E-state index contributed by atoms with van der Waals surface area (Å²) in [5.74, 6) is 0.325. The van der Waals surface area contributed by atoms with E-state index in [1.54, 1.807) is 6.92 Å². The van der Waals surface area contributed by atoms with Crippen LogP contribution in [0.25, 0.3) is 0 Å². The highest BCUT2D eigenvalue weighted by atomic mass is 16.2. The number of aryl methyl sites for hydroxylation is 1. The molecule has 1 aromatic heterocycles. The van der Waals surface area contributed by atoms with Crippen molar-refractivity contribution in [3.05, 3.63) is 16.8 Å². The zero-order chi connectivity index (χ0) is 15.4. The molecule has 112 valence electrons. The summed E-state index contributed by atoms with van der Waals surface area (Å²) in [6.45, 7) is 5.74. The standard InChI is InChI=1S/C15H21N5O/c1-4-11-12(8-16)14(20-19-13(11)5-2)17-9(3)15(21)18-10-6-7-10/h9-10H,4-7H2,1-3H3,(H,17,20)(H,18,21). The summed E-state index contributed by atoms with van der Waals surface area (Å²) in [5, 5.41) is 23.6. The summed E-state index contributed by atoms with van der Waals surface area (Å²) in [5.41, 5.74) is 2.25. The highest BCUT2D eigenvalue weighted by molar-refractivity contribution is 5.84. The van der Waals surface area contributed by atoms with E-state index < -0.39 is 6.04 Å². The third-order valence-corrected chi connectivity index (χ3v) is 3.63. The SMILES string of the molecule is CCc1nnc(NC(C)C(=O)NC2CC2)c(C#N)c1CC. The van der Waals surface area contributed by atoms with Crippen LogP contribution in [-0.4, -0.2) is 28.2 Å². The molecule has 1 unspecified atom stereocenters. The van der Waals surface area contributed by atoms with Gasteiger partial charge in [0.25, 0.3) is 0 Å². The van der Waals surface area contributed by atoms with Crippen LogP contribution in [0.3, 0.4) is 0 Å². The van der Waals surface area contributed by atoms with Crippen LogP contribution in [0.15, 0.2) is 0 Å². The maximum Gasteiger partial charge on any atom is 0.242 e. The Kier molecular flexibility index (Phi) is 4.73. The number of carbonyl (C=O) groups excluding carboxylic acids is 1. The summed E-state index contributed by atoms with van der Waals surface area (Å²) in [6, 6.07) is 2.07. The minimum absolute atomic E-state index is 0.0687. The molecule has 0 saturated heterocycles. The van der Waals surface area contributed by atoms with Gasteiger partial charge in [-0.25, -0.2) is 0 Å². The Hall–Kier alpha value is -2.16. The lowest BCUT2D eigenvalue weighted by Gasteiger charge is -2.16. The Morgan fingerprint density at radius 2 is 2.10 bits per heavy atom. The smallest absolute Gasteiger partial charge is 0.242 e. The van der Waals surface area contributed by atoms with Gasteiger partial charge < -0.3 is 10.6 Å². The molecule has 0 spiro atoms. The third-order valence-electron chi connectivity index (χ3n) is 3.63. The van der Waals surface area contributed by atoms with Crippen LogP contribution >= 0.6 is 0 Å². The van der Waals surface area contributed by atoms with Crippen molar-refractivity contribution in [1.82, 2.24) is 15.5 Å². The maximum atomic E-state index is 12.0. The van der Waals surface area contributed by atoms with Crippen LogP contribution in [0, 0.1) is 11.3 Å². The second-order valence-electron chi connectivity index (χ2n) is 5.32. The van der Waals surface area contributed by atoms with E-state index in [0.29, 0.717) is 17.4 Å². The van der Waals surface area contributed by atoms with E-state index in [1.165, 1.54) is 0 Å². The zero-order valence-corrected chi connectivity index (χ0v) is 12.7. The number of rotatable bonds is 6. The zero-order valence-electron chi connectivity index (χ0n) is 12.7. The van der Waals surface area contributed by atoms with Crippen molar-refractivity contribution >= 4 is 11.7 Å². The fourth-order valence-corrected chi connectivity index (χ4v) is 2.22. The van der Waals surface area contributed by atoms with Gasteiger partial charge in [0, 0.05) is 6.04 Å². The van der Waals surface area contributed by atoms with E-state index in [0.717, 1.165) is 36.9 Å². The van der Waals surface area contributed by atoms with E-state index in [-0.39, 0.29) is 5.91 Å². The van der Waals surface area contributed by atoms with Crippen LogP contribution in [0.5, 0.6) is 0 Å². The van der Waals surface area contributed by atoms with Gasteiger partial charge in [0.05, 0.1) is 5.69 Å². The third kappa shape index (κ3) is 3.48. The van der Waals surface area contributed by atoms with E-state index in [2.05, 4.69) is 26.9 Å². The maximum absolute atomic E-state index is 12.0. The van der Waals surface area contributed by atoms with Gasteiger partial charge in [-0.15, -0.1) is 5.10 Å². The molecule has 1 aliphatic rings. The van der Waals surface area contributed by atoms with Gasteiger partial charge in [0.1, 0.15) is 17.7 Å². The minimum Gasteiger partial charge on any atom is -0.356 e. The second-order valence-corrected chi connectivity index (χ2v) is 5.32. The molecule has 2 N–H and O–H groups in total. The van der Waals surface area contributed by atoms with Crippen LogP contribution in [0.4, 0.5) is 5.82 Å². The lowest BCUT2D eigenvalue weighted by Crippen LogP contribution is -2.39. The predicted molar refractivity (Wildman–Crippen MR) is 79.8 cm³/mol. The molecule has 0 aliphatic heterocycles. The molecule has 1 heterocycles. The number of hydrogen-bond donors (Lipinski definition) is 2. The molecule has 21 heavy (non-hydrogen) atoms. The molecule has 0 aromatic carbocycles. The normalized spacial score (nSPS) is 15.1. The minimum atomic E-state index is -0.441. The van der Waals surface area contributed by atoms with E-state index in [1.807, 2.05) is 13.8 Å². The summed E-state index contributed by atoms with van der Waals surface area (Å²) < 4.78 is 0. The van der Waals surface area contributed by atoms with Crippen molar-refractivity contribution in [2.24, 2.45) is 0 Å². The first-order chi connectivity index (χ1) is 10.1. The summed E-state index contributed by atoms with van der Waals surface area (Å²) in [7, 11) is 0. The highest BCUT2D eigenvalue weighted by Crippen LogP contribution is 2.21. The van der Waals surface area contributed by atoms with Gasteiger partial charge >= 0.3 is 0 Å². The summed E-state index contributed by atoms with van der Waals surface area (Å²) in [6.07, 6.45) is 3.56. The monoisotopic (exact) mass is 287 g/mol. The van der Waals surface area contributed by atoms with Gasteiger partial charge in [-0.2, -0.15) is 10.4 Å². The first-order valence-electron chi connectivity index (χ1n) is 7.46. The number of nitrogens with one attached hydrogen (secondary N) is 2. The van der Waals surface area contributed by atoms with Crippen LogP contribution in [-0.2, 0) is 17.6 Å². The molecule has 1 aromatic rings. The number of nitrogens with zero attached hydrogens (tertiary/aromatic N) is 3. The number of nitriles is 1. The van der Waals surface area contributed by atoms with Gasteiger partial charge in [-0.1, -0.05) is 13.8 Å². The molecular formula is C15H21N5O. The molecule has 0 bridgehead atoms. The van der Waals surface area contributed by atoms with Crippen molar-refractivity contribution in [2.75, 3.05) is 5.32 Å². The van der Waals surface area contributed by atoms with Crippen molar-refractivity contribution in [2.45, 2.75) is 58.5 Å². The van der Waals surface area contributed by atoms with E-state index in [4.69, 9.17) is 0 Å². The Morgan fingerprint density at radius 1 is 1.38 bits per heavy atom. The molecule has 1 saturated carbocycles. The number of anilines is 1. The fraction of sp³-hybridized carbons (Fsp3) is 0.600. The topological polar surface area (TPSA) is 90.7 Å². The molecule has 2 rings (SSSR count). The summed E-state index contributed by atoms with van der Waals surface area (Å²) >= 11 is 0. The molecule has 6 nitrogen and oxygen atoms in total. The first-order valence-corrected chi connectivity index (χ1v) is 7.46. The average Bonchev–Trinajstić information content (AvgIpc) is 3.30. The molecule has 1 atom stereocenters. The number of amides is 1. The Bertz CT molecular complexity index is 574. The van der Waals surface area contributed by atoms with Crippen LogP contribution in [0.2, 0.25) is 0 Å². The predicted octanol–water partition coefficient (Wildman–Crippen LogP) is 1.55. The van der Waals surface area contributed by atoms with Crippen molar-refractivity contribution in [1.29, 1.82) is 5.26 Å². The number of aromatic nitrogens is 2. The highest BCUT2D eigenvalue weighted by Gasteiger charge is 2.26. The van der Waals surface area contributed by atoms with Gasteiger partial charge in [-0.3, -0.25) is 4.79 Å². The van der Waals surface area contributed by atoms with Crippen LogP contribution < -0.4 is 10.6 Å². The fourth-order valence-electron chi connectivity index (χ4n) is 2.22. The second kappa shape index (κ2) is 6.53. The van der Waals surface area contributed by atoms with E-state index >= 15 is 0 Å². The molecule has 0 radical (unpaired) electrons. The largest absolute Gasteiger partial charge is 0.356 e. The number of hydrogen-bond acceptors (Lipinski definition) is 5. The molecule has 1 amide bonds. The Balaban J connectivity index is 2.19. The van der Waals surface area contributed by atoms with Crippen LogP contribution in [0.1, 0.15) is 50.4 Å². The lowest BCUT2D eigenvalue weighted by molar-refractivity contribution is -0.121. The van der Waals surface area contributed by atoms with E-state index in [9.17, 15) is 10.1 Å². The van der Waals surface area contributed by atoms with Crippen molar-refractivity contribution in [3.8, 4) is 6.07 Å².